The first kappa shape index (κ1) is 19.1. The Bertz CT molecular complexity index is 1000. The third-order valence-electron chi connectivity index (χ3n) is 3.70. The number of hydrogen-bond acceptors (Lipinski definition) is 5. The van der Waals surface area contributed by atoms with Gasteiger partial charge in [-0.2, -0.15) is 0 Å². The van der Waals surface area contributed by atoms with Gasteiger partial charge in [-0.3, -0.25) is 9.32 Å². The van der Waals surface area contributed by atoms with E-state index in [1.165, 1.54) is 11.8 Å². The molecule has 0 aliphatic heterocycles. The molecule has 2 N–H and O–H groups in total. The number of nitrogens with one attached hydrogen (secondary N) is 2. The zero-order chi connectivity index (χ0) is 19.4. The molecule has 3 rings (SSSR count). The van der Waals surface area contributed by atoms with Gasteiger partial charge < -0.3 is 10.1 Å². The lowest BCUT2D eigenvalue weighted by Gasteiger charge is -2.11. The molecule has 1 atom stereocenters. The van der Waals surface area contributed by atoms with Crippen LogP contribution in [0.4, 0.5) is 5.69 Å². The molecule has 0 fully saturated rings. The van der Waals surface area contributed by atoms with Crippen molar-refractivity contribution in [3.63, 3.8) is 0 Å². The summed E-state index contributed by atoms with van der Waals surface area (Å²) < 4.78 is 11.5. The Morgan fingerprint density at radius 3 is 2.70 bits per heavy atom. The van der Waals surface area contributed by atoms with Crippen molar-refractivity contribution in [3.8, 4) is 11.4 Å². The van der Waals surface area contributed by atoms with Gasteiger partial charge in [-0.25, -0.2) is 4.79 Å². The average molecular weight is 407 g/mol. The number of anilines is 1. The first-order valence-electron chi connectivity index (χ1n) is 7.99. The largest absolute Gasteiger partial charge is 0.495 e. The number of carbonyl (C=O) groups excluding carboxylic acids is 1. The molecular weight excluding hydrogens is 390 g/mol. The molecule has 2 aromatic carbocycles. The molecule has 0 saturated heterocycles. The summed E-state index contributed by atoms with van der Waals surface area (Å²) in [5, 5.41) is 5.43. The standard InChI is InChI=1S/C18H16ClN3O4S/c1-11(16(23)20-12-8-9-15(25-2)14(19)10-12)27-17-18(24)26-21-22(17)13-6-4-3-5-7-13/h3-11H,1-2H3,(H-,20,21,23,24)/p+1. The van der Waals surface area contributed by atoms with Gasteiger partial charge in [-0.1, -0.05) is 29.8 Å². The number of H-pyrrole nitrogens is 1. The second kappa shape index (κ2) is 8.32. The fourth-order valence-electron chi connectivity index (χ4n) is 2.32. The van der Waals surface area contributed by atoms with Crippen molar-refractivity contribution < 1.29 is 18.7 Å². The molecule has 7 nitrogen and oxygen atoms in total. The van der Waals surface area contributed by atoms with Crippen LogP contribution >= 0.6 is 23.4 Å². The van der Waals surface area contributed by atoms with Crippen molar-refractivity contribution in [2.75, 3.05) is 12.4 Å². The summed E-state index contributed by atoms with van der Waals surface area (Å²) in [7, 11) is 1.52. The lowest BCUT2D eigenvalue weighted by Crippen LogP contribution is -2.37. The Hall–Kier alpha value is -2.71. The van der Waals surface area contributed by atoms with Crippen molar-refractivity contribution >= 4 is 35.0 Å². The lowest BCUT2D eigenvalue weighted by atomic mass is 10.3. The van der Waals surface area contributed by atoms with Crippen LogP contribution in [-0.2, 0) is 4.79 Å². The summed E-state index contributed by atoms with van der Waals surface area (Å²) in [6, 6.07) is 14.1. The van der Waals surface area contributed by atoms with Gasteiger partial charge in [0.15, 0.2) is 0 Å². The molecule has 0 spiro atoms. The minimum absolute atomic E-state index is 0.275. The average Bonchev–Trinajstić information content (AvgIpc) is 3.03. The molecule has 0 radical (unpaired) electrons. The van der Waals surface area contributed by atoms with Crippen molar-refractivity contribution in [2.24, 2.45) is 0 Å². The second-order valence-corrected chi connectivity index (χ2v) is 7.29. The Morgan fingerprint density at radius 2 is 2.04 bits per heavy atom. The van der Waals surface area contributed by atoms with E-state index in [0.29, 0.717) is 16.5 Å². The minimum atomic E-state index is -0.556. The van der Waals surface area contributed by atoms with Gasteiger partial charge in [-0.05, 0) is 46.8 Å². The zero-order valence-corrected chi connectivity index (χ0v) is 16.1. The highest BCUT2D eigenvalue weighted by molar-refractivity contribution is 8.00. The van der Waals surface area contributed by atoms with Crippen LogP contribution in [-0.4, -0.2) is 23.5 Å². The molecule has 1 heterocycles. The highest BCUT2D eigenvalue weighted by Crippen LogP contribution is 2.28. The third-order valence-corrected chi connectivity index (χ3v) is 5.13. The lowest BCUT2D eigenvalue weighted by molar-refractivity contribution is -0.704. The number of halogens is 1. The molecule has 0 aliphatic rings. The number of ether oxygens (including phenoxy) is 1. The van der Waals surface area contributed by atoms with E-state index in [1.54, 1.807) is 25.1 Å². The van der Waals surface area contributed by atoms with Gasteiger partial charge in [0.25, 0.3) is 0 Å². The zero-order valence-electron chi connectivity index (χ0n) is 14.6. The normalized spacial score (nSPS) is 11.8. The molecule has 27 heavy (non-hydrogen) atoms. The summed E-state index contributed by atoms with van der Waals surface area (Å²) in [5.74, 6) is 0.243. The van der Waals surface area contributed by atoms with E-state index in [1.807, 2.05) is 30.3 Å². The van der Waals surface area contributed by atoms with Crippen LogP contribution in [0, 0.1) is 0 Å². The Balaban J connectivity index is 1.75. The van der Waals surface area contributed by atoms with Gasteiger partial charge in [0.1, 0.15) is 5.75 Å². The predicted molar refractivity (Wildman–Crippen MR) is 103 cm³/mol. The number of carbonyl (C=O) groups is 1. The topological polar surface area (TPSA) is 88.2 Å². The monoisotopic (exact) mass is 406 g/mol. The first-order chi connectivity index (χ1) is 13.0. The number of methoxy groups -OCH3 is 1. The summed E-state index contributed by atoms with van der Waals surface area (Å²) in [6.07, 6.45) is 0. The number of benzene rings is 2. The van der Waals surface area contributed by atoms with E-state index in [4.69, 9.17) is 20.9 Å². The van der Waals surface area contributed by atoms with Crippen LogP contribution < -0.4 is 20.4 Å². The second-order valence-electron chi connectivity index (χ2n) is 5.56. The van der Waals surface area contributed by atoms with E-state index in [9.17, 15) is 9.59 Å². The smallest absolute Gasteiger partial charge is 0.442 e. The molecular formula is C18H17ClN3O4S+. The van der Waals surface area contributed by atoms with E-state index in [2.05, 4.69) is 10.6 Å². The highest BCUT2D eigenvalue weighted by atomic mass is 35.5. The maximum absolute atomic E-state index is 12.5. The molecule has 3 aromatic rings. The first-order valence-corrected chi connectivity index (χ1v) is 9.25. The summed E-state index contributed by atoms with van der Waals surface area (Å²) >= 11 is 7.17. The van der Waals surface area contributed by atoms with Crippen LogP contribution in [0.5, 0.6) is 5.75 Å². The summed E-state index contributed by atoms with van der Waals surface area (Å²) in [4.78, 5) is 24.5. The summed E-state index contributed by atoms with van der Waals surface area (Å²) in [6.45, 7) is 1.70. The maximum Gasteiger partial charge on any atom is 0.442 e. The third kappa shape index (κ3) is 4.35. The molecule has 0 saturated carbocycles. The Labute approximate surface area is 164 Å². The number of nitrogens with zero attached hydrogens (tertiary/aromatic N) is 1. The molecule has 1 amide bonds. The number of aromatic amines is 1. The van der Waals surface area contributed by atoms with Crippen LogP contribution in [0.25, 0.3) is 5.69 Å². The van der Waals surface area contributed by atoms with Gasteiger partial charge in [-0.15, -0.1) is 0 Å². The Morgan fingerprint density at radius 1 is 1.30 bits per heavy atom. The van der Waals surface area contributed by atoms with Crippen LogP contribution in [0.3, 0.4) is 0 Å². The van der Waals surface area contributed by atoms with E-state index >= 15 is 0 Å². The predicted octanol–water partition coefficient (Wildman–Crippen LogP) is 3.03. The van der Waals surface area contributed by atoms with Crippen molar-refractivity contribution in [3.05, 3.63) is 64.0 Å². The number of thioether (sulfide) groups is 1. The SMILES string of the molecule is COc1ccc(NC(=O)C(C)Sc2c(=O)o[nH][n+]2-c2ccccc2)cc1Cl. The van der Waals surface area contributed by atoms with Crippen LogP contribution in [0.2, 0.25) is 5.02 Å². The minimum Gasteiger partial charge on any atom is -0.495 e. The number of hydrogen-bond donors (Lipinski definition) is 2. The highest BCUT2D eigenvalue weighted by Gasteiger charge is 2.28. The van der Waals surface area contributed by atoms with Crippen molar-refractivity contribution in [2.45, 2.75) is 17.2 Å². The van der Waals surface area contributed by atoms with Crippen molar-refractivity contribution in [1.82, 2.24) is 5.27 Å². The fourth-order valence-corrected chi connectivity index (χ4v) is 3.46. The molecule has 0 bridgehead atoms. The van der Waals surface area contributed by atoms with E-state index in [0.717, 1.165) is 17.4 Å². The van der Waals surface area contributed by atoms with Gasteiger partial charge in [0.2, 0.25) is 11.6 Å². The summed E-state index contributed by atoms with van der Waals surface area (Å²) in [5.41, 5.74) is 0.715. The van der Waals surface area contributed by atoms with Gasteiger partial charge >= 0.3 is 10.7 Å². The fraction of sp³-hybridized carbons (Fsp3) is 0.167. The van der Waals surface area contributed by atoms with E-state index < -0.39 is 10.9 Å². The van der Waals surface area contributed by atoms with Crippen LogP contribution in [0.1, 0.15) is 6.92 Å². The molecule has 1 aromatic heterocycles. The molecule has 9 heteroatoms. The molecule has 140 valence electrons. The number of rotatable bonds is 6. The number of amides is 1. The number of para-hydroxylation sites is 1. The maximum atomic E-state index is 12.5. The Kier molecular flexibility index (Phi) is 5.88. The van der Waals surface area contributed by atoms with Crippen molar-refractivity contribution in [1.29, 1.82) is 0 Å². The van der Waals surface area contributed by atoms with Crippen LogP contribution in [0.15, 0.2) is 62.9 Å². The van der Waals surface area contributed by atoms with Gasteiger partial charge in [0.05, 0.1) is 17.4 Å². The molecule has 1 unspecified atom stereocenters. The quantitative estimate of drug-likeness (QED) is 0.485. The number of aromatic nitrogens is 2. The molecule has 0 aliphatic carbocycles. The van der Waals surface area contributed by atoms with E-state index in [-0.39, 0.29) is 10.9 Å². The van der Waals surface area contributed by atoms with Gasteiger partial charge in [0, 0.05) is 17.8 Å².